The molecule has 0 spiro atoms. The molecule has 0 saturated carbocycles. The molecule has 8 aromatic rings. The highest BCUT2D eigenvalue weighted by molar-refractivity contribution is 6.20. The highest BCUT2D eigenvalue weighted by Crippen LogP contribution is 2.40. The lowest BCUT2D eigenvalue weighted by atomic mass is 10.0. The Morgan fingerprint density at radius 2 is 1.00 bits per heavy atom. The summed E-state index contributed by atoms with van der Waals surface area (Å²) in [6, 6.07) is 44.8. The zero-order valence-electron chi connectivity index (χ0n) is 21.1. The van der Waals surface area contributed by atoms with Crippen LogP contribution in [0.25, 0.3) is 65.8 Å². The topological polar surface area (TPSA) is 59.7 Å². The normalized spacial score (nSPS) is 11.8. The smallest absolute Gasteiger partial charge is 0.123 e. The average molecular weight is 501 g/mol. The Balaban J connectivity index is 1.57. The van der Waals surface area contributed by atoms with E-state index in [1.54, 1.807) is 0 Å². The number of fused-ring (bicyclic) bond motifs is 7. The molecule has 3 N–H and O–H groups in total. The Bertz CT molecular complexity index is 2250. The third-order valence-electron chi connectivity index (χ3n) is 7.91. The molecule has 0 aliphatic carbocycles. The van der Waals surface area contributed by atoms with Gasteiger partial charge in [0.25, 0.3) is 0 Å². The number of para-hydroxylation sites is 3. The van der Waals surface area contributed by atoms with Crippen LogP contribution in [0.5, 0.6) is 0 Å². The SMILES string of the molecule is N=C(N)c1ccc(-n2c3ccccc3c3cc4c5ccccc5n(-c5ccccc5)c4cc32)c2ccccc12. The van der Waals surface area contributed by atoms with Gasteiger partial charge < -0.3 is 14.9 Å². The fourth-order valence-corrected chi connectivity index (χ4v) is 6.26. The summed E-state index contributed by atoms with van der Waals surface area (Å²) in [6.45, 7) is 0. The van der Waals surface area contributed by atoms with Crippen molar-refractivity contribution in [2.45, 2.75) is 0 Å². The second kappa shape index (κ2) is 8.07. The minimum atomic E-state index is 0.0778. The average Bonchev–Trinajstić information content (AvgIpc) is 3.48. The van der Waals surface area contributed by atoms with E-state index in [0.717, 1.165) is 38.7 Å². The van der Waals surface area contributed by atoms with Crippen LogP contribution in [0.2, 0.25) is 0 Å². The van der Waals surface area contributed by atoms with Gasteiger partial charge in [0.2, 0.25) is 0 Å². The summed E-state index contributed by atoms with van der Waals surface area (Å²) in [5.41, 5.74) is 13.6. The molecule has 6 aromatic carbocycles. The van der Waals surface area contributed by atoms with Crippen LogP contribution in [0.4, 0.5) is 0 Å². The predicted molar refractivity (Wildman–Crippen MR) is 164 cm³/mol. The minimum Gasteiger partial charge on any atom is -0.384 e. The summed E-state index contributed by atoms with van der Waals surface area (Å²) in [5.74, 6) is 0.0778. The summed E-state index contributed by atoms with van der Waals surface area (Å²) < 4.78 is 4.73. The van der Waals surface area contributed by atoms with Crippen molar-refractivity contribution in [3.05, 3.63) is 133 Å². The number of nitrogens with one attached hydrogen (secondary N) is 1. The zero-order valence-corrected chi connectivity index (χ0v) is 21.1. The van der Waals surface area contributed by atoms with E-state index in [0.29, 0.717) is 0 Å². The van der Waals surface area contributed by atoms with Crippen molar-refractivity contribution < 1.29 is 0 Å². The van der Waals surface area contributed by atoms with Crippen molar-refractivity contribution in [1.82, 2.24) is 9.13 Å². The molecule has 0 radical (unpaired) electrons. The van der Waals surface area contributed by atoms with E-state index < -0.39 is 0 Å². The Morgan fingerprint density at radius 3 is 1.67 bits per heavy atom. The second-order valence-electron chi connectivity index (χ2n) is 10.0. The standard InChI is InChI=1S/C35H24N4/c36-35(37)27-18-19-32(24-13-5-4-12-23(24)27)39-31-17-9-7-15-26(31)29-20-28-25-14-6-8-16-30(25)38(33(28)21-34(29)39)22-10-2-1-3-11-22/h1-21H,(H3,36,37). The van der Waals surface area contributed by atoms with Crippen LogP contribution in [0.1, 0.15) is 5.56 Å². The molecule has 0 unspecified atom stereocenters. The lowest BCUT2D eigenvalue weighted by Crippen LogP contribution is -2.12. The summed E-state index contributed by atoms with van der Waals surface area (Å²) in [4.78, 5) is 0. The van der Waals surface area contributed by atoms with Crippen molar-refractivity contribution in [1.29, 1.82) is 5.41 Å². The molecule has 0 amide bonds. The van der Waals surface area contributed by atoms with Gasteiger partial charge >= 0.3 is 0 Å². The number of hydrogen-bond donors (Lipinski definition) is 2. The lowest BCUT2D eigenvalue weighted by Gasteiger charge is -2.14. The Morgan fingerprint density at radius 1 is 0.462 bits per heavy atom. The van der Waals surface area contributed by atoms with Crippen molar-refractivity contribution in [2.24, 2.45) is 5.73 Å². The van der Waals surface area contributed by atoms with E-state index >= 15 is 0 Å². The van der Waals surface area contributed by atoms with Crippen molar-refractivity contribution in [3.8, 4) is 11.4 Å². The van der Waals surface area contributed by atoms with Gasteiger partial charge in [-0.2, -0.15) is 0 Å². The maximum Gasteiger partial charge on any atom is 0.123 e. The maximum absolute atomic E-state index is 8.14. The molecule has 4 nitrogen and oxygen atoms in total. The Hall–Kier alpha value is -5.35. The number of hydrogen-bond acceptors (Lipinski definition) is 1. The molecule has 0 saturated heterocycles. The number of amidine groups is 1. The van der Waals surface area contributed by atoms with Crippen molar-refractivity contribution in [3.63, 3.8) is 0 Å². The van der Waals surface area contributed by atoms with E-state index in [1.807, 2.05) is 12.1 Å². The summed E-state index contributed by atoms with van der Waals surface area (Å²) in [7, 11) is 0. The molecule has 0 bridgehead atoms. The van der Waals surface area contributed by atoms with E-state index in [9.17, 15) is 0 Å². The molecule has 39 heavy (non-hydrogen) atoms. The van der Waals surface area contributed by atoms with Crippen LogP contribution in [0.15, 0.2) is 127 Å². The summed E-state index contributed by atoms with van der Waals surface area (Å²) in [6.07, 6.45) is 0. The Labute approximate surface area is 224 Å². The minimum absolute atomic E-state index is 0.0778. The van der Waals surface area contributed by atoms with Gasteiger partial charge in [-0.25, -0.2) is 0 Å². The second-order valence-corrected chi connectivity index (χ2v) is 10.0. The predicted octanol–water partition coefficient (Wildman–Crippen LogP) is 8.32. The fourth-order valence-electron chi connectivity index (χ4n) is 6.26. The lowest BCUT2D eigenvalue weighted by molar-refractivity contribution is 1.17. The highest BCUT2D eigenvalue weighted by atomic mass is 15.0. The molecule has 4 heteroatoms. The first-order chi connectivity index (χ1) is 19.2. The molecule has 0 fully saturated rings. The number of nitrogen functional groups attached to an aromatic ring is 1. The van der Waals surface area contributed by atoms with E-state index in [1.165, 1.54) is 32.6 Å². The number of rotatable bonds is 3. The quantitative estimate of drug-likeness (QED) is 0.186. The molecular weight excluding hydrogens is 476 g/mol. The number of benzene rings is 6. The van der Waals surface area contributed by atoms with Gasteiger partial charge in [0.15, 0.2) is 0 Å². The third-order valence-corrected chi connectivity index (χ3v) is 7.91. The molecule has 2 heterocycles. The van der Waals surface area contributed by atoms with Gasteiger partial charge in [0.05, 0.1) is 27.8 Å². The van der Waals surface area contributed by atoms with Crippen LogP contribution in [-0.2, 0) is 0 Å². The van der Waals surface area contributed by atoms with Crippen molar-refractivity contribution in [2.75, 3.05) is 0 Å². The summed E-state index contributed by atoms with van der Waals surface area (Å²) >= 11 is 0. The zero-order chi connectivity index (χ0) is 26.1. The molecule has 0 atom stereocenters. The van der Waals surface area contributed by atoms with Crippen LogP contribution in [-0.4, -0.2) is 15.0 Å². The fraction of sp³-hybridized carbons (Fsp3) is 0. The van der Waals surface area contributed by atoms with Gasteiger partial charge in [-0.05, 0) is 53.9 Å². The largest absolute Gasteiger partial charge is 0.384 e. The molecule has 8 rings (SSSR count). The first-order valence-electron chi connectivity index (χ1n) is 13.1. The van der Waals surface area contributed by atoms with E-state index in [2.05, 4.69) is 124 Å². The summed E-state index contributed by atoms with van der Waals surface area (Å²) in [5, 5.41) is 15.1. The van der Waals surface area contributed by atoms with Crippen LogP contribution >= 0.6 is 0 Å². The number of nitrogens with two attached hydrogens (primary N) is 1. The number of aromatic nitrogens is 2. The maximum atomic E-state index is 8.14. The molecule has 0 aliphatic rings. The first-order valence-corrected chi connectivity index (χ1v) is 13.1. The first kappa shape index (κ1) is 21.7. The van der Waals surface area contributed by atoms with Crippen LogP contribution in [0, 0.1) is 5.41 Å². The molecule has 2 aromatic heterocycles. The highest BCUT2D eigenvalue weighted by Gasteiger charge is 2.19. The van der Waals surface area contributed by atoms with Crippen LogP contribution < -0.4 is 5.73 Å². The Kier molecular flexibility index (Phi) is 4.49. The van der Waals surface area contributed by atoms with Gasteiger partial charge in [-0.3, -0.25) is 5.41 Å². The van der Waals surface area contributed by atoms with E-state index in [4.69, 9.17) is 11.1 Å². The number of nitrogens with zero attached hydrogens (tertiary/aromatic N) is 2. The monoisotopic (exact) mass is 500 g/mol. The van der Waals surface area contributed by atoms with Crippen LogP contribution in [0.3, 0.4) is 0 Å². The molecular formula is C35H24N4. The van der Waals surface area contributed by atoms with Gasteiger partial charge in [0.1, 0.15) is 5.84 Å². The van der Waals surface area contributed by atoms with Gasteiger partial charge in [-0.15, -0.1) is 0 Å². The van der Waals surface area contributed by atoms with E-state index in [-0.39, 0.29) is 5.84 Å². The third kappa shape index (κ3) is 3.03. The van der Waals surface area contributed by atoms with Gasteiger partial charge in [-0.1, -0.05) is 78.9 Å². The molecule has 184 valence electrons. The molecule has 0 aliphatic heterocycles. The van der Waals surface area contributed by atoms with Crippen molar-refractivity contribution >= 4 is 60.2 Å². The van der Waals surface area contributed by atoms with Gasteiger partial charge in [0, 0.05) is 38.2 Å².